The van der Waals surface area contributed by atoms with E-state index in [-0.39, 0.29) is 11.7 Å². The molecule has 1 aromatic rings. The molecule has 160 valence electrons. The summed E-state index contributed by atoms with van der Waals surface area (Å²) in [6, 6.07) is 8.41. The Morgan fingerprint density at radius 3 is 2.59 bits per heavy atom. The zero-order valence-electron chi connectivity index (χ0n) is 17.0. The van der Waals surface area contributed by atoms with Crippen LogP contribution in [-0.4, -0.2) is 48.1 Å². The van der Waals surface area contributed by atoms with E-state index >= 15 is 0 Å². The molecular formula is C21H32N4O4. The van der Waals surface area contributed by atoms with Crippen LogP contribution in [0.2, 0.25) is 0 Å². The Hall–Kier alpha value is -2.44. The number of hydrogen-bond donors (Lipinski definition) is 5. The summed E-state index contributed by atoms with van der Waals surface area (Å²) in [5.41, 5.74) is 8.63. The van der Waals surface area contributed by atoms with Crippen molar-refractivity contribution in [3.63, 3.8) is 0 Å². The molecule has 0 aliphatic heterocycles. The first kappa shape index (κ1) is 24.6. The SMILES string of the molecule is CC/C=C(/O)C(N)(CCCCNO)CCOCCNC(=O)c1ccc(C#N)cc1. The van der Waals surface area contributed by atoms with Gasteiger partial charge in [0.1, 0.15) is 5.76 Å². The van der Waals surface area contributed by atoms with E-state index < -0.39 is 5.54 Å². The van der Waals surface area contributed by atoms with Crippen LogP contribution in [0.4, 0.5) is 0 Å². The lowest BCUT2D eigenvalue weighted by Crippen LogP contribution is -2.43. The monoisotopic (exact) mass is 404 g/mol. The molecule has 1 atom stereocenters. The number of allylic oxidation sites excluding steroid dienone is 1. The van der Waals surface area contributed by atoms with Crippen molar-refractivity contribution in [1.29, 1.82) is 5.26 Å². The third kappa shape index (κ3) is 9.07. The fourth-order valence-corrected chi connectivity index (χ4v) is 2.81. The van der Waals surface area contributed by atoms with Crippen LogP contribution in [0.3, 0.4) is 0 Å². The number of aliphatic hydroxyl groups excluding tert-OH is 1. The van der Waals surface area contributed by atoms with E-state index in [4.69, 9.17) is 20.9 Å². The zero-order valence-corrected chi connectivity index (χ0v) is 17.0. The minimum Gasteiger partial charge on any atom is -0.511 e. The van der Waals surface area contributed by atoms with Crippen LogP contribution in [0.15, 0.2) is 36.1 Å². The number of benzene rings is 1. The lowest BCUT2D eigenvalue weighted by molar-refractivity contribution is 0.0886. The van der Waals surface area contributed by atoms with Crippen molar-refractivity contribution in [3.05, 3.63) is 47.2 Å². The molecule has 1 rings (SSSR count). The smallest absolute Gasteiger partial charge is 0.251 e. The summed E-state index contributed by atoms with van der Waals surface area (Å²) in [5.74, 6) is -0.0676. The molecule has 0 spiro atoms. The number of rotatable bonds is 14. The van der Waals surface area contributed by atoms with Gasteiger partial charge in [0.05, 0.1) is 23.8 Å². The summed E-state index contributed by atoms with van der Waals surface area (Å²) in [6.07, 6.45) is 4.93. The summed E-state index contributed by atoms with van der Waals surface area (Å²) >= 11 is 0. The molecule has 0 aliphatic rings. The third-order valence-corrected chi connectivity index (χ3v) is 4.57. The van der Waals surface area contributed by atoms with Gasteiger partial charge in [-0.15, -0.1) is 0 Å². The van der Waals surface area contributed by atoms with Gasteiger partial charge in [0, 0.05) is 25.3 Å². The molecule has 8 nitrogen and oxygen atoms in total. The Labute approximate surface area is 172 Å². The first-order valence-corrected chi connectivity index (χ1v) is 9.88. The molecule has 0 radical (unpaired) electrons. The Bertz CT molecular complexity index is 685. The van der Waals surface area contributed by atoms with Crippen molar-refractivity contribution in [2.24, 2.45) is 5.73 Å². The van der Waals surface area contributed by atoms with Gasteiger partial charge in [0.15, 0.2) is 0 Å². The minimum absolute atomic E-state index is 0.162. The Balaban J connectivity index is 2.37. The van der Waals surface area contributed by atoms with Gasteiger partial charge in [0.2, 0.25) is 0 Å². The average molecular weight is 405 g/mol. The molecule has 0 saturated heterocycles. The number of hydroxylamine groups is 1. The number of nitriles is 1. The third-order valence-electron chi connectivity index (χ3n) is 4.57. The highest BCUT2D eigenvalue weighted by molar-refractivity contribution is 5.94. The molecule has 0 aliphatic carbocycles. The van der Waals surface area contributed by atoms with Crippen molar-refractivity contribution in [1.82, 2.24) is 10.8 Å². The maximum atomic E-state index is 12.0. The number of carbonyl (C=O) groups excluding carboxylic acids is 1. The van der Waals surface area contributed by atoms with Gasteiger partial charge in [0.25, 0.3) is 5.91 Å². The zero-order chi connectivity index (χ0) is 21.5. The number of ether oxygens (including phenoxy) is 1. The lowest BCUT2D eigenvalue weighted by Gasteiger charge is -2.29. The second kappa shape index (κ2) is 13.7. The number of hydrogen-bond acceptors (Lipinski definition) is 7. The molecule has 6 N–H and O–H groups in total. The number of nitrogens with zero attached hydrogens (tertiary/aromatic N) is 1. The van der Waals surface area contributed by atoms with Crippen molar-refractivity contribution < 1.29 is 19.8 Å². The summed E-state index contributed by atoms with van der Waals surface area (Å²) < 4.78 is 5.58. The fourth-order valence-electron chi connectivity index (χ4n) is 2.81. The molecule has 0 saturated carbocycles. The number of aliphatic hydroxyl groups is 1. The Kier molecular flexibility index (Phi) is 11.6. The van der Waals surface area contributed by atoms with E-state index in [1.54, 1.807) is 30.3 Å². The van der Waals surface area contributed by atoms with Crippen LogP contribution in [0.5, 0.6) is 0 Å². The molecule has 1 aromatic carbocycles. The van der Waals surface area contributed by atoms with Crippen LogP contribution in [-0.2, 0) is 4.74 Å². The highest BCUT2D eigenvalue weighted by Crippen LogP contribution is 2.23. The van der Waals surface area contributed by atoms with Crippen molar-refractivity contribution in [2.45, 2.75) is 44.6 Å². The molecule has 0 bridgehead atoms. The van der Waals surface area contributed by atoms with Gasteiger partial charge in [-0.25, -0.2) is 5.48 Å². The van der Waals surface area contributed by atoms with Gasteiger partial charge in [-0.1, -0.05) is 6.92 Å². The fraction of sp³-hybridized carbons (Fsp3) is 0.524. The highest BCUT2D eigenvalue weighted by Gasteiger charge is 2.28. The molecule has 29 heavy (non-hydrogen) atoms. The van der Waals surface area contributed by atoms with Crippen LogP contribution >= 0.6 is 0 Å². The number of amides is 1. The summed E-state index contributed by atoms with van der Waals surface area (Å²) in [4.78, 5) is 12.0. The Morgan fingerprint density at radius 2 is 1.97 bits per heavy atom. The van der Waals surface area contributed by atoms with E-state index in [0.29, 0.717) is 56.7 Å². The predicted molar refractivity (Wildman–Crippen MR) is 110 cm³/mol. The standard InChI is InChI=1S/C21H32N4O4/c1-2-5-19(26)21(23,10-3-4-12-25-28)11-14-29-15-13-24-20(27)18-8-6-17(16-22)7-9-18/h5-9,25-26,28H,2-4,10-15,23H2,1H3,(H,24,27)/b19-5+. The first-order chi connectivity index (χ1) is 14.0. The molecule has 0 fully saturated rings. The topological polar surface area (TPSA) is 141 Å². The van der Waals surface area contributed by atoms with Crippen LogP contribution in [0.1, 0.15) is 54.9 Å². The van der Waals surface area contributed by atoms with Gasteiger partial charge >= 0.3 is 0 Å². The largest absolute Gasteiger partial charge is 0.511 e. The van der Waals surface area contributed by atoms with Crippen LogP contribution in [0, 0.1) is 11.3 Å². The van der Waals surface area contributed by atoms with E-state index in [9.17, 15) is 9.90 Å². The highest BCUT2D eigenvalue weighted by atomic mass is 16.5. The molecule has 8 heteroatoms. The normalized spacial score (nSPS) is 13.5. The Morgan fingerprint density at radius 1 is 1.24 bits per heavy atom. The van der Waals surface area contributed by atoms with Crippen LogP contribution in [0.25, 0.3) is 0 Å². The van der Waals surface area contributed by atoms with Gasteiger partial charge in [-0.05, 0) is 62.4 Å². The summed E-state index contributed by atoms with van der Waals surface area (Å²) in [6.45, 7) is 3.42. The van der Waals surface area contributed by atoms with Gasteiger partial charge < -0.3 is 26.1 Å². The molecular weight excluding hydrogens is 372 g/mol. The minimum atomic E-state index is -0.864. The van der Waals surface area contributed by atoms with Gasteiger partial charge in [-0.2, -0.15) is 5.26 Å². The number of nitrogens with two attached hydrogens (primary N) is 1. The van der Waals surface area contributed by atoms with Gasteiger partial charge in [-0.3, -0.25) is 4.79 Å². The molecule has 1 amide bonds. The van der Waals surface area contributed by atoms with E-state index in [1.807, 2.05) is 13.0 Å². The van der Waals surface area contributed by atoms with Crippen LogP contribution < -0.4 is 16.5 Å². The second-order valence-corrected chi connectivity index (χ2v) is 6.83. The molecule has 0 aromatic heterocycles. The van der Waals surface area contributed by atoms with E-state index in [1.165, 1.54) is 0 Å². The quantitative estimate of drug-likeness (QED) is 0.182. The first-order valence-electron chi connectivity index (χ1n) is 9.88. The average Bonchev–Trinajstić information content (AvgIpc) is 2.73. The lowest BCUT2D eigenvalue weighted by atomic mass is 9.87. The van der Waals surface area contributed by atoms with E-state index in [2.05, 4.69) is 10.8 Å². The van der Waals surface area contributed by atoms with Crippen molar-refractivity contribution >= 4 is 5.91 Å². The van der Waals surface area contributed by atoms with Crippen molar-refractivity contribution in [3.8, 4) is 6.07 Å². The van der Waals surface area contributed by atoms with Crippen molar-refractivity contribution in [2.75, 3.05) is 26.3 Å². The summed E-state index contributed by atoms with van der Waals surface area (Å²) in [7, 11) is 0. The van der Waals surface area contributed by atoms with E-state index in [0.717, 1.165) is 12.8 Å². The predicted octanol–water partition coefficient (Wildman–Crippen LogP) is 2.39. The maximum absolute atomic E-state index is 12.0. The number of carbonyl (C=O) groups is 1. The number of unbranched alkanes of at least 4 members (excludes halogenated alkanes) is 1. The molecule has 1 unspecified atom stereocenters. The number of nitrogens with one attached hydrogen (secondary N) is 2. The molecule has 0 heterocycles. The second-order valence-electron chi connectivity index (χ2n) is 6.83. The summed E-state index contributed by atoms with van der Waals surface area (Å²) in [5, 5.41) is 30.5. The maximum Gasteiger partial charge on any atom is 0.251 e.